The van der Waals surface area contributed by atoms with Crippen molar-refractivity contribution in [3.63, 3.8) is 0 Å². The lowest BCUT2D eigenvalue weighted by molar-refractivity contribution is 0.367. The van der Waals surface area contributed by atoms with Gasteiger partial charge in [-0.3, -0.25) is 15.0 Å². The second-order valence-corrected chi connectivity index (χ2v) is 7.24. The number of allylic oxidation sites excluding steroid dienone is 4. The zero-order chi connectivity index (χ0) is 26.9. The Hall–Kier alpha value is -4.43. The molecule has 0 unspecified atom stereocenters. The van der Waals surface area contributed by atoms with Crippen LogP contribution >= 0.6 is 0 Å². The van der Waals surface area contributed by atoms with Gasteiger partial charge in [-0.05, 0) is 37.1 Å². The average molecular weight is 501 g/mol. The molecule has 0 bridgehead atoms. The number of nitrogens with one attached hydrogen (secondary N) is 1. The number of fused-ring (bicyclic) bond motifs is 1. The van der Waals surface area contributed by atoms with Gasteiger partial charge in [0.15, 0.2) is 0 Å². The number of pyridine rings is 2. The first-order valence-corrected chi connectivity index (χ1v) is 11.9. The maximum absolute atomic E-state index is 13.6. The number of hydrogen-bond donors (Lipinski definition) is 2. The van der Waals surface area contributed by atoms with Gasteiger partial charge < -0.3 is 15.8 Å². The van der Waals surface area contributed by atoms with Crippen molar-refractivity contribution >= 4 is 23.2 Å². The lowest BCUT2D eigenvalue weighted by Crippen LogP contribution is -2.14. The van der Waals surface area contributed by atoms with E-state index < -0.39 is 5.83 Å². The van der Waals surface area contributed by atoms with Crippen molar-refractivity contribution in [3.8, 4) is 5.75 Å². The van der Waals surface area contributed by atoms with E-state index in [9.17, 15) is 4.39 Å². The molecule has 0 aliphatic rings. The third-order valence-corrected chi connectivity index (χ3v) is 4.76. The molecule has 0 saturated heterocycles. The zero-order valence-corrected chi connectivity index (χ0v) is 21.3. The minimum atomic E-state index is -0.590. The standard InChI is InChI=1S/C27H27FN6O.C2H6/c1-20(28)15-23(34-27(30-2)16-25(33-19-29)22-8-6-12-31-18-22)9-3-4-14-35-26-10-5-7-21-17-32-13-11-24(21)26;1-2/h3-8,10-13,15-18,34H,1-2,9,14,19,29H2;1-2H3/b4-3-,23-15+,27-16+,33-25+;. The second kappa shape index (κ2) is 16.3. The van der Waals surface area contributed by atoms with E-state index in [1.165, 1.54) is 6.08 Å². The summed E-state index contributed by atoms with van der Waals surface area (Å²) in [7, 11) is 0. The van der Waals surface area contributed by atoms with Gasteiger partial charge in [-0.25, -0.2) is 9.38 Å². The van der Waals surface area contributed by atoms with Gasteiger partial charge in [0.25, 0.3) is 0 Å². The van der Waals surface area contributed by atoms with Gasteiger partial charge >= 0.3 is 0 Å². The van der Waals surface area contributed by atoms with Gasteiger partial charge in [0.2, 0.25) is 0 Å². The Morgan fingerprint density at radius 3 is 2.59 bits per heavy atom. The highest BCUT2D eigenvalue weighted by molar-refractivity contribution is 6.08. The Balaban J connectivity index is 0.00000235. The molecule has 37 heavy (non-hydrogen) atoms. The highest BCUT2D eigenvalue weighted by Gasteiger charge is 2.05. The SMILES string of the molecule is C=N/C(=C\C(=N/CN)c1cccnc1)N/C(=C/C(=C)F)C/C=C\COc1cccc2cnccc12.CC. The van der Waals surface area contributed by atoms with E-state index in [0.717, 1.165) is 22.1 Å². The van der Waals surface area contributed by atoms with E-state index in [1.807, 2.05) is 56.3 Å². The molecule has 3 aromatic rings. The third kappa shape index (κ3) is 9.62. The maximum Gasteiger partial charge on any atom is 0.131 e. The summed E-state index contributed by atoms with van der Waals surface area (Å²) < 4.78 is 19.5. The smallest absolute Gasteiger partial charge is 0.131 e. The van der Waals surface area contributed by atoms with Crippen LogP contribution < -0.4 is 15.8 Å². The molecule has 3 N–H and O–H groups in total. The van der Waals surface area contributed by atoms with Crippen LogP contribution in [-0.2, 0) is 0 Å². The number of rotatable bonds is 12. The lowest BCUT2D eigenvalue weighted by atomic mass is 10.1. The molecule has 2 aromatic heterocycles. The molecule has 0 fully saturated rings. The molecule has 2 heterocycles. The highest BCUT2D eigenvalue weighted by atomic mass is 19.1. The molecule has 0 aliphatic carbocycles. The van der Waals surface area contributed by atoms with Crippen molar-refractivity contribution in [3.05, 3.63) is 115 Å². The Morgan fingerprint density at radius 2 is 1.89 bits per heavy atom. The number of halogens is 1. The Morgan fingerprint density at radius 1 is 1.08 bits per heavy atom. The molecule has 0 saturated carbocycles. The van der Waals surface area contributed by atoms with Crippen molar-refractivity contribution in [2.75, 3.05) is 13.3 Å². The van der Waals surface area contributed by atoms with Crippen LogP contribution in [0.2, 0.25) is 0 Å². The predicted octanol–water partition coefficient (Wildman–Crippen LogP) is 5.89. The maximum atomic E-state index is 13.6. The van der Waals surface area contributed by atoms with Crippen molar-refractivity contribution < 1.29 is 9.13 Å². The second-order valence-electron chi connectivity index (χ2n) is 7.24. The summed E-state index contributed by atoms with van der Waals surface area (Å²) >= 11 is 0. The zero-order valence-electron chi connectivity index (χ0n) is 21.3. The number of nitrogens with zero attached hydrogens (tertiary/aromatic N) is 4. The van der Waals surface area contributed by atoms with E-state index in [-0.39, 0.29) is 6.67 Å². The van der Waals surface area contributed by atoms with Crippen molar-refractivity contribution in [1.82, 2.24) is 15.3 Å². The summed E-state index contributed by atoms with van der Waals surface area (Å²) in [5, 5.41) is 5.07. The van der Waals surface area contributed by atoms with Crippen molar-refractivity contribution in [2.24, 2.45) is 15.7 Å². The first-order chi connectivity index (χ1) is 18.1. The van der Waals surface area contributed by atoms with Gasteiger partial charge in [0, 0.05) is 59.3 Å². The minimum Gasteiger partial charge on any atom is -0.489 e. The Kier molecular flexibility index (Phi) is 12.7. The molecule has 192 valence electrons. The largest absolute Gasteiger partial charge is 0.489 e. The molecule has 0 atom stereocenters. The fourth-order valence-electron chi connectivity index (χ4n) is 3.22. The van der Waals surface area contributed by atoms with Gasteiger partial charge in [0.05, 0.1) is 12.4 Å². The molecule has 1 aromatic carbocycles. The van der Waals surface area contributed by atoms with Crippen molar-refractivity contribution in [1.29, 1.82) is 0 Å². The van der Waals surface area contributed by atoms with Crippen LogP contribution in [0.15, 0.2) is 119 Å². The van der Waals surface area contributed by atoms with Crippen LogP contribution in [0.3, 0.4) is 0 Å². The van der Waals surface area contributed by atoms with Gasteiger partial charge in [-0.15, -0.1) is 0 Å². The van der Waals surface area contributed by atoms with Gasteiger partial charge in [-0.2, -0.15) is 0 Å². The Labute approximate surface area is 217 Å². The molecule has 0 radical (unpaired) electrons. The normalized spacial score (nSPS) is 12.2. The summed E-state index contributed by atoms with van der Waals surface area (Å²) in [4.78, 5) is 16.5. The molecule has 0 amide bonds. The molecule has 0 spiro atoms. The first-order valence-electron chi connectivity index (χ1n) is 11.9. The molecule has 7 nitrogen and oxygen atoms in total. The predicted molar refractivity (Wildman–Crippen MR) is 151 cm³/mol. The van der Waals surface area contributed by atoms with E-state index in [4.69, 9.17) is 10.5 Å². The molecule has 8 heteroatoms. The molecule has 3 rings (SSSR count). The Bertz CT molecular complexity index is 1280. The number of aliphatic imine (C=N–C) groups is 2. The molecular weight excluding hydrogens is 467 g/mol. The quantitative estimate of drug-likeness (QED) is 0.184. The number of aromatic nitrogens is 2. The van der Waals surface area contributed by atoms with Crippen LogP contribution in [0, 0.1) is 0 Å². The lowest BCUT2D eigenvalue weighted by Gasteiger charge is -2.11. The monoisotopic (exact) mass is 500 g/mol. The van der Waals surface area contributed by atoms with Gasteiger partial charge in [0.1, 0.15) is 24.0 Å². The summed E-state index contributed by atoms with van der Waals surface area (Å²) in [5.74, 6) is 0.555. The minimum absolute atomic E-state index is 0.0884. The molecular formula is C29H33FN6O. The van der Waals surface area contributed by atoms with E-state index in [0.29, 0.717) is 30.3 Å². The van der Waals surface area contributed by atoms with Crippen LogP contribution in [0.25, 0.3) is 10.8 Å². The first kappa shape index (κ1) is 28.8. The number of benzene rings is 1. The van der Waals surface area contributed by atoms with E-state index in [2.05, 4.69) is 38.6 Å². The summed E-state index contributed by atoms with van der Waals surface area (Å²) in [6.07, 6.45) is 13.9. The molecule has 0 aliphatic heterocycles. The third-order valence-electron chi connectivity index (χ3n) is 4.76. The number of hydrogen-bond acceptors (Lipinski definition) is 7. The number of ether oxygens (including phenoxy) is 1. The van der Waals surface area contributed by atoms with E-state index >= 15 is 0 Å². The fourth-order valence-corrected chi connectivity index (χ4v) is 3.22. The number of nitrogens with two attached hydrogens (primary N) is 1. The fraction of sp³-hybridized carbons (Fsp3) is 0.172. The van der Waals surface area contributed by atoms with Crippen LogP contribution in [0.5, 0.6) is 5.75 Å². The topological polar surface area (TPSA) is 97.8 Å². The average Bonchev–Trinajstić information content (AvgIpc) is 2.93. The van der Waals surface area contributed by atoms with Crippen LogP contribution in [0.1, 0.15) is 25.8 Å². The van der Waals surface area contributed by atoms with Crippen molar-refractivity contribution in [2.45, 2.75) is 20.3 Å². The van der Waals surface area contributed by atoms with Crippen LogP contribution in [-0.4, -0.2) is 35.7 Å². The summed E-state index contributed by atoms with van der Waals surface area (Å²) in [5.41, 5.74) is 7.49. The summed E-state index contributed by atoms with van der Waals surface area (Å²) in [6, 6.07) is 11.4. The van der Waals surface area contributed by atoms with Gasteiger partial charge in [-0.1, -0.05) is 44.7 Å². The van der Waals surface area contributed by atoms with E-state index in [1.54, 1.807) is 36.9 Å². The summed E-state index contributed by atoms with van der Waals surface area (Å²) in [6.45, 7) is 11.4. The van der Waals surface area contributed by atoms with Crippen LogP contribution in [0.4, 0.5) is 4.39 Å². The highest BCUT2D eigenvalue weighted by Crippen LogP contribution is 2.24.